The number of rotatable bonds is 7. The van der Waals surface area contributed by atoms with Gasteiger partial charge >= 0.3 is 0 Å². The predicted molar refractivity (Wildman–Crippen MR) is 92.9 cm³/mol. The second-order valence-electron chi connectivity index (χ2n) is 5.88. The number of nitrogens with one attached hydrogen (secondary N) is 1. The van der Waals surface area contributed by atoms with Gasteiger partial charge in [-0.25, -0.2) is 8.42 Å². The fourth-order valence-corrected chi connectivity index (χ4v) is 4.14. The van der Waals surface area contributed by atoms with E-state index in [0.717, 1.165) is 0 Å². The second-order valence-corrected chi connectivity index (χ2v) is 7.79. The first-order valence-electron chi connectivity index (χ1n) is 8.12. The summed E-state index contributed by atoms with van der Waals surface area (Å²) >= 11 is 0. The van der Waals surface area contributed by atoms with Crippen molar-refractivity contribution < 1.29 is 22.7 Å². The molecule has 1 heterocycles. The molecule has 1 atom stereocenters. The Morgan fingerprint density at radius 1 is 1.40 bits per heavy atom. The fraction of sp³-hybridized carbons (Fsp3) is 0.562. The lowest BCUT2D eigenvalue weighted by molar-refractivity contribution is -0.120. The van der Waals surface area contributed by atoms with Gasteiger partial charge in [-0.1, -0.05) is 6.07 Å². The molecule has 0 aromatic heterocycles. The van der Waals surface area contributed by atoms with Gasteiger partial charge in [0, 0.05) is 25.7 Å². The molecular formula is C16H25N3O5S. The fourth-order valence-electron chi connectivity index (χ4n) is 2.53. The van der Waals surface area contributed by atoms with Crippen LogP contribution in [0.2, 0.25) is 0 Å². The molecule has 1 saturated heterocycles. The molecule has 2 rings (SSSR count). The Morgan fingerprint density at radius 3 is 2.68 bits per heavy atom. The van der Waals surface area contributed by atoms with E-state index >= 15 is 0 Å². The van der Waals surface area contributed by atoms with Crippen molar-refractivity contribution in [3.63, 3.8) is 0 Å². The number of methoxy groups -OCH3 is 1. The molecule has 0 spiro atoms. The number of ether oxygens (including phenoxy) is 2. The lowest BCUT2D eigenvalue weighted by atomic mass is 10.1. The summed E-state index contributed by atoms with van der Waals surface area (Å²) in [5, 5.41) is 2.76. The van der Waals surface area contributed by atoms with Crippen LogP contribution in [-0.4, -0.2) is 64.6 Å². The van der Waals surface area contributed by atoms with E-state index in [1.807, 2.05) is 0 Å². The molecule has 1 aliphatic heterocycles. The molecule has 3 N–H and O–H groups in total. The Hall–Kier alpha value is -1.68. The van der Waals surface area contributed by atoms with Crippen LogP contribution in [0.15, 0.2) is 23.1 Å². The largest absolute Gasteiger partial charge is 0.495 e. The van der Waals surface area contributed by atoms with Crippen molar-refractivity contribution in [2.75, 3.05) is 40.0 Å². The average Bonchev–Trinajstić information content (AvgIpc) is 2.62. The molecule has 140 valence electrons. The van der Waals surface area contributed by atoms with Gasteiger partial charge in [0.2, 0.25) is 15.9 Å². The first kappa shape index (κ1) is 19.6. The van der Waals surface area contributed by atoms with Gasteiger partial charge in [0.25, 0.3) is 0 Å². The molecule has 1 aromatic carbocycles. The number of hydrogen-bond acceptors (Lipinski definition) is 6. The van der Waals surface area contributed by atoms with Crippen LogP contribution < -0.4 is 15.8 Å². The molecule has 0 saturated carbocycles. The highest BCUT2D eigenvalue weighted by atomic mass is 32.2. The maximum absolute atomic E-state index is 12.9. The smallest absolute Gasteiger partial charge is 0.246 e. The second kappa shape index (κ2) is 8.61. The Bertz CT molecular complexity index is 702. The molecule has 0 radical (unpaired) electrons. The standard InChI is InChI=1S/C16H25N3O5S/c1-12(11-17)18-16(20)10-13-3-4-14(23-2)15(9-13)25(21,22)19-5-7-24-8-6-19/h3-4,9,12H,5-8,10-11,17H2,1-2H3,(H,18,20)/t12-/m0/s1. The third kappa shape index (κ3) is 4.91. The number of carbonyl (C=O) groups excluding carboxylic acids is 1. The third-order valence-corrected chi connectivity index (χ3v) is 5.86. The Kier molecular flexibility index (Phi) is 6.77. The summed E-state index contributed by atoms with van der Waals surface area (Å²) in [6.45, 7) is 3.46. The van der Waals surface area contributed by atoms with Gasteiger partial charge in [-0.05, 0) is 24.6 Å². The molecule has 0 aliphatic carbocycles. The highest BCUT2D eigenvalue weighted by Crippen LogP contribution is 2.28. The van der Waals surface area contributed by atoms with Crippen LogP contribution in [0, 0.1) is 0 Å². The van der Waals surface area contributed by atoms with Gasteiger partial charge in [0.15, 0.2) is 0 Å². The summed E-state index contributed by atoms with van der Waals surface area (Å²) in [6.07, 6.45) is 0.0694. The summed E-state index contributed by atoms with van der Waals surface area (Å²) in [6, 6.07) is 4.62. The van der Waals surface area contributed by atoms with E-state index in [0.29, 0.717) is 38.4 Å². The van der Waals surface area contributed by atoms with E-state index in [9.17, 15) is 13.2 Å². The molecule has 1 aliphatic rings. The zero-order valence-electron chi connectivity index (χ0n) is 14.5. The molecular weight excluding hydrogens is 346 g/mol. The highest BCUT2D eigenvalue weighted by molar-refractivity contribution is 7.89. The lowest BCUT2D eigenvalue weighted by Crippen LogP contribution is -2.40. The number of carbonyl (C=O) groups is 1. The molecule has 9 heteroatoms. The van der Waals surface area contributed by atoms with Crippen LogP contribution in [0.4, 0.5) is 0 Å². The molecule has 25 heavy (non-hydrogen) atoms. The lowest BCUT2D eigenvalue weighted by Gasteiger charge is -2.26. The number of benzene rings is 1. The monoisotopic (exact) mass is 371 g/mol. The van der Waals surface area contributed by atoms with Crippen LogP contribution in [-0.2, 0) is 26.0 Å². The van der Waals surface area contributed by atoms with Crippen molar-refractivity contribution in [1.82, 2.24) is 9.62 Å². The minimum atomic E-state index is -3.71. The average molecular weight is 371 g/mol. The van der Waals surface area contributed by atoms with E-state index in [1.54, 1.807) is 19.1 Å². The van der Waals surface area contributed by atoms with E-state index in [1.165, 1.54) is 17.5 Å². The van der Waals surface area contributed by atoms with E-state index in [2.05, 4.69) is 5.32 Å². The quantitative estimate of drug-likeness (QED) is 0.682. The Balaban J connectivity index is 2.26. The molecule has 0 unspecified atom stereocenters. The van der Waals surface area contributed by atoms with Crippen LogP contribution in [0.25, 0.3) is 0 Å². The summed E-state index contributed by atoms with van der Waals surface area (Å²) in [5.74, 6) is 0.0452. The molecule has 1 amide bonds. The van der Waals surface area contributed by atoms with E-state index in [-0.39, 0.29) is 29.0 Å². The van der Waals surface area contributed by atoms with Gasteiger partial charge in [0.05, 0.1) is 26.7 Å². The van der Waals surface area contributed by atoms with Crippen LogP contribution in [0.5, 0.6) is 5.75 Å². The van der Waals surface area contributed by atoms with Crippen molar-refractivity contribution in [2.24, 2.45) is 5.73 Å². The van der Waals surface area contributed by atoms with Gasteiger partial charge in [-0.3, -0.25) is 4.79 Å². The number of amides is 1. The SMILES string of the molecule is COc1ccc(CC(=O)N[C@@H](C)CN)cc1S(=O)(=O)N1CCOCC1. The Morgan fingerprint density at radius 2 is 2.08 bits per heavy atom. The zero-order chi connectivity index (χ0) is 18.4. The van der Waals surface area contributed by atoms with Crippen molar-refractivity contribution in [1.29, 1.82) is 0 Å². The van der Waals surface area contributed by atoms with Gasteiger partial charge < -0.3 is 20.5 Å². The minimum absolute atomic E-state index is 0.0640. The zero-order valence-corrected chi connectivity index (χ0v) is 15.3. The maximum Gasteiger partial charge on any atom is 0.246 e. The third-order valence-electron chi connectivity index (χ3n) is 3.94. The summed E-state index contributed by atoms with van der Waals surface area (Å²) < 4.78 is 37.6. The predicted octanol–water partition coefficient (Wildman–Crippen LogP) is -0.278. The number of morpholine rings is 1. The molecule has 8 nitrogen and oxygen atoms in total. The van der Waals surface area contributed by atoms with Gasteiger partial charge in [0.1, 0.15) is 10.6 Å². The number of sulfonamides is 1. The van der Waals surface area contributed by atoms with Gasteiger partial charge in [-0.15, -0.1) is 0 Å². The molecule has 1 fully saturated rings. The molecule has 1 aromatic rings. The Labute approximate surface area is 148 Å². The number of hydrogen-bond donors (Lipinski definition) is 2. The van der Waals surface area contributed by atoms with Gasteiger partial charge in [-0.2, -0.15) is 4.31 Å². The first-order chi connectivity index (χ1) is 11.9. The highest BCUT2D eigenvalue weighted by Gasteiger charge is 2.29. The number of nitrogens with two attached hydrogens (primary N) is 1. The summed E-state index contributed by atoms with van der Waals surface area (Å²) in [7, 11) is -2.29. The minimum Gasteiger partial charge on any atom is -0.495 e. The van der Waals surface area contributed by atoms with Crippen LogP contribution in [0.3, 0.4) is 0 Å². The van der Waals surface area contributed by atoms with Crippen molar-refractivity contribution in [3.8, 4) is 5.75 Å². The summed E-state index contributed by atoms with van der Waals surface area (Å²) in [5.41, 5.74) is 6.08. The normalized spacial score (nSPS) is 17.1. The number of nitrogens with zero attached hydrogens (tertiary/aromatic N) is 1. The molecule has 0 bridgehead atoms. The van der Waals surface area contributed by atoms with Crippen LogP contribution >= 0.6 is 0 Å². The topological polar surface area (TPSA) is 111 Å². The summed E-state index contributed by atoms with van der Waals surface area (Å²) in [4.78, 5) is 12.1. The van der Waals surface area contributed by atoms with Crippen molar-refractivity contribution >= 4 is 15.9 Å². The van der Waals surface area contributed by atoms with E-state index < -0.39 is 10.0 Å². The van der Waals surface area contributed by atoms with Crippen molar-refractivity contribution in [3.05, 3.63) is 23.8 Å². The first-order valence-corrected chi connectivity index (χ1v) is 9.56. The van der Waals surface area contributed by atoms with E-state index in [4.69, 9.17) is 15.2 Å². The van der Waals surface area contributed by atoms with Crippen molar-refractivity contribution in [2.45, 2.75) is 24.3 Å². The van der Waals surface area contributed by atoms with Crippen LogP contribution in [0.1, 0.15) is 12.5 Å². The maximum atomic E-state index is 12.9.